The molecule has 90 valence electrons. The Bertz CT molecular complexity index is 554. The highest BCUT2D eigenvalue weighted by Gasteiger charge is 2.16. The van der Waals surface area contributed by atoms with E-state index in [1.165, 1.54) is 0 Å². The summed E-state index contributed by atoms with van der Waals surface area (Å²) in [7, 11) is 0. The van der Waals surface area contributed by atoms with E-state index in [1.54, 1.807) is 12.1 Å². The van der Waals surface area contributed by atoms with E-state index >= 15 is 0 Å². The summed E-state index contributed by atoms with van der Waals surface area (Å²) < 4.78 is 6.80. The van der Waals surface area contributed by atoms with Gasteiger partial charge in [-0.3, -0.25) is 0 Å². The molecular formula is C11H9Br2ClN2O. The smallest absolute Gasteiger partial charge is 0.197 e. The summed E-state index contributed by atoms with van der Waals surface area (Å²) in [5.41, 5.74) is 0.868. The molecule has 0 aliphatic carbocycles. The third-order valence-electron chi connectivity index (χ3n) is 2.18. The first-order chi connectivity index (χ1) is 7.99. The SMILES string of the molecule is CC(C)c1nc(-c2ccc(Br)o2)nc(Cl)c1Br. The molecule has 0 saturated heterocycles. The highest BCUT2D eigenvalue weighted by Crippen LogP contribution is 2.32. The van der Waals surface area contributed by atoms with Gasteiger partial charge < -0.3 is 4.42 Å². The molecule has 0 spiro atoms. The molecule has 2 aromatic rings. The molecule has 0 unspecified atom stereocenters. The summed E-state index contributed by atoms with van der Waals surface area (Å²) in [6, 6.07) is 3.59. The first kappa shape index (κ1) is 13.1. The Hall–Kier alpha value is -0.390. The summed E-state index contributed by atoms with van der Waals surface area (Å²) in [5.74, 6) is 1.34. The lowest BCUT2D eigenvalue weighted by Crippen LogP contribution is -1.99. The Morgan fingerprint density at radius 3 is 2.47 bits per heavy atom. The van der Waals surface area contributed by atoms with Crippen LogP contribution < -0.4 is 0 Å². The second-order valence-electron chi connectivity index (χ2n) is 3.80. The van der Waals surface area contributed by atoms with Crippen molar-refractivity contribution in [3.8, 4) is 11.6 Å². The summed E-state index contributed by atoms with van der Waals surface area (Å²) in [5, 5.41) is 0.395. The molecule has 0 bridgehead atoms. The van der Waals surface area contributed by atoms with Gasteiger partial charge in [-0.2, -0.15) is 0 Å². The maximum Gasteiger partial charge on any atom is 0.197 e. The van der Waals surface area contributed by atoms with Crippen LogP contribution in [0.25, 0.3) is 11.6 Å². The molecule has 0 saturated carbocycles. The molecule has 0 atom stereocenters. The molecule has 6 heteroatoms. The Kier molecular flexibility index (Phi) is 3.90. The lowest BCUT2D eigenvalue weighted by Gasteiger charge is -2.09. The van der Waals surface area contributed by atoms with E-state index in [-0.39, 0.29) is 5.92 Å². The van der Waals surface area contributed by atoms with Crippen LogP contribution in [0.2, 0.25) is 5.15 Å². The van der Waals surface area contributed by atoms with Gasteiger partial charge in [0.2, 0.25) is 0 Å². The highest BCUT2D eigenvalue weighted by molar-refractivity contribution is 9.10. The number of nitrogens with zero attached hydrogens (tertiary/aromatic N) is 2. The van der Waals surface area contributed by atoms with Gasteiger partial charge in [0.1, 0.15) is 5.15 Å². The van der Waals surface area contributed by atoms with Gasteiger partial charge in [0.25, 0.3) is 0 Å². The lowest BCUT2D eigenvalue weighted by molar-refractivity contribution is 0.550. The molecule has 0 aromatic carbocycles. The normalized spacial score (nSPS) is 11.2. The molecule has 2 rings (SSSR count). The number of furan rings is 1. The van der Waals surface area contributed by atoms with Gasteiger partial charge in [-0.1, -0.05) is 25.4 Å². The molecule has 0 amide bonds. The molecule has 0 radical (unpaired) electrons. The average molecular weight is 380 g/mol. The van der Waals surface area contributed by atoms with Crippen molar-refractivity contribution in [1.82, 2.24) is 9.97 Å². The predicted octanol–water partition coefficient (Wildman–Crippen LogP) is 5.04. The topological polar surface area (TPSA) is 38.9 Å². The van der Waals surface area contributed by atoms with E-state index < -0.39 is 0 Å². The van der Waals surface area contributed by atoms with E-state index in [1.807, 2.05) is 13.8 Å². The van der Waals surface area contributed by atoms with Crippen LogP contribution in [0.15, 0.2) is 25.7 Å². The first-order valence-electron chi connectivity index (χ1n) is 4.97. The molecule has 0 fully saturated rings. The van der Waals surface area contributed by atoms with Crippen LogP contribution in [-0.2, 0) is 0 Å². The Labute approximate surface area is 121 Å². The number of aromatic nitrogens is 2. The number of hydrogen-bond donors (Lipinski definition) is 0. The molecule has 2 aromatic heterocycles. The van der Waals surface area contributed by atoms with Gasteiger partial charge in [-0.15, -0.1) is 0 Å². The van der Waals surface area contributed by atoms with Gasteiger partial charge in [-0.05, 0) is 49.9 Å². The van der Waals surface area contributed by atoms with Crippen molar-refractivity contribution in [2.24, 2.45) is 0 Å². The fourth-order valence-electron chi connectivity index (χ4n) is 1.36. The number of hydrogen-bond acceptors (Lipinski definition) is 3. The maximum absolute atomic E-state index is 6.07. The Morgan fingerprint density at radius 2 is 1.94 bits per heavy atom. The molecule has 2 heterocycles. The largest absolute Gasteiger partial charge is 0.446 e. The van der Waals surface area contributed by atoms with Crippen molar-refractivity contribution < 1.29 is 4.42 Å². The van der Waals surface area contributed by atoms with E-state index in [2.05, 4.69) is 41.8 Å². The molecule has 0 aliphatic heterocycles. The monoisotopic (exact) mass is 378 g/mol. The number of halogens is 3. The highest BCUT2D eigenvalue weighted by atomic mass is 79.9. The van der Waals surface area contributed by atoms with Gasteiger partial charge in [0.15, 0.2) is 16.3 Å². The third-order valence-corrected chi connectivity index (χ3v) is 3.89. The average Bonchev–Trinajstić information content (AvgIpc) is 2.68. The predicted molar refractivity (Wildman–Crippen MR) is 74.2 cm³/mol. The molecule has 0 N–H and O–H groups in total. The first-order valence-corrected chi connectivity index (χ1v) is 6.94. The second kappa shape index (κ2) is 5.08. The molecule has 17 heavy (non-hydrogen) atoms. The van der Waals surface area contributed by atoms with Crippen molar-refractivity contribution in [2.45, 2.75) is 19.8 Å². The van der Waals surface area contributed by atoms with E-state index in [9.17, 15) is 0 Å². The fraction of sp³-hybridized carbons (Fsp3) is 0.273. The van der Waals surface area contributed by atoms with Crippen LogP contribution in [0.3, 0.4) is 0 Å². The zero-order valence-electron chi connectivity index (χ0n) is 9.17. The summed E-state index contributed by atoms with van der Waals surface area (Å²) in [6.45, 7) is 4.09. The summed E-state index contributed by atoms with van der Waals surface area (Å²) in [6.07, 6.45) is 0. The fourth-order valence-corrected chi connectivity index (χ4v) is 2.48. The van der Waals surface area contributed by atoms with Gasteiger partial charge in [-0.25, -0.2) is 9.97 Å². The minimum Gasteiger partial charge on any atom is -0.446 e. The standard InChI is InChI=1S/C11H9Br2ClN2O/c1-5(2)9-8(13)10(14)16-11(15-9)6-3-4-7(12)17-6/h3-5H,1-2H3. The molecule has 3 nitrogen and oxygen atoms in total. The van der Waals surface area contributed by atoms with Crippen molar-refractivity contribution >= 4 is 43.5 Å². The van der Waals surface area contributed by atoms with Crippen LogP contribution in [0.5, 0.6) is 0 Å². The van der Waals surface area contributed by atoms with Crippen LogP contribution in [-0.4, -0.2) is 9.97 Å². The lowest BCUT2D eigenvalue weighted by atomic mass is 10.1. The van der Waals surface area contributed by atoms with E-state index in [0.717, 1.165) is 10.2 Å². The van der Waals surface area contributed by atoms with Gasteiger partial charge in [0, 0.05) is 0 Å². The van der Waals surface area contributed by atoms with Crippen LogP contribution in [0.4, 0.5) is 0 Å². The third kappa shape index (κ3) is 2.72. The van der Waals surface area contributed by atoms with Crippen LogP contribution in [0, 0.1) is 0 Å². The molecular weight excluding hydrogens is 371 g/mol. The van der Waals surface area contributed by atoms with Crippen molar-refractivity contribution in [3.05, 3.63) is 32.1 Å². The van der Waals surface area contributed by atoms with E-state index in [4.69, 9.17) is 16.0 Å². The van der Waals surface area contributed by atoms with E-state index in [0.29, 0.717) is 21.4 Å². The Morgan fingerprint density at radius 1 is 1.24 bits per heavy atom. The maximum atomic E-state index is 6.07. The minimum absolute atomic E-state index is 0.252. The quantitative estimate of drug-likeness (QED) is 0.685. The van der Waals surface area contributed by atoms with Crippen molar-refractivity contribution in [2.75, 3.05) is 0 Å². The van der Waals surface area contributed by atoms with Crippen LogP contribution in [0.1, 0.15) is 25.5 Å². The molecule has 0 aliphatic rings. The van der Waals surface area contributed by atoms with Crippen LogP contribution >= 0.6 is 43.5 Å². The summed E-state index contributed by atoms with van der Waals surface area (Å²) in [4.78, 5) is 8.65. The Balaban J connectivity index is 2.56. The zero-order valence-corrected chi connectivity index (χ0v) is 13.1. The van der Waals surface area contributed by atoms with Crippen molar-refractivity contribution in [3.63, 3.8) is 0 Å². The zero-order chi connectivity index (χ0) is 12.6. The van der Waals surface area contributed by atoms with Gasteiger partial charge in [0.05, 0.1) is 10.2 Å². The second-order valence-corrected chi connectivity index (χ2v) is 5.73. The summed E-state index contributed by atoms with van der Waals surface area (Å²) >= 11 is 12.7. The number of rotatable bonds is 2. The van der Waals surface area contributed by atoms with Gasteiger partial charge >= 0.3 is 0 Å². The minimum atomic E-state index is 0.252. The van der Waals surface area contributed by atoms with Crippen molar-refractivity contribution in [1.29, 1.82) is 0 Å².